The van der Waals surface area contributed by atoms with Gasteiger partial charge in [0.25, 0.3) is 0 Å². The Morgan fingerprint density at radius 3 is 2.73 bits per heavy atom. The fourth-order valence-corrected chi connectivity index (χ4v) is 5.35. The summed E-state index contributed by atoms with van der Waals surface area (Å²) in [5, 5.41) is 2.97. The topological polar surface area (TPSA) is 88.6 Å². The van der Waals surface area contributed by atoms with Crippen molar-refractivity contribution in [2.45, 2.75) is 51.8 Å². The lowest BCUT2D eigenvalue weighted by atomic mass is 10.1. The van der Waals surface area contributed by atoms with Gasteiger partial charge in [-0.1, -0.05) is 25.1 Å². The maximum Gasteiger partial charge on any atom is 0.238 e. The van der Waals surface area contributed by atoms with Crippen molar-refractivity contribution in [3.05, 3.63) is 59.9 Å². The van der Waals surface area contributed by atoms with Crippen molar-refractivity contribution in [1.82, 2.24) is 14.6 Å². The molecule has 0 radical (unpaired) electrons. The average molecular weight is 432 g/mol. The number of nitrogens with zero attached hydrogens (tertiary/aromatic N) is 2. The van der Waals surface area contributed by atoms with E-state index in [9.17, 15) is 13.2 Å². The smallest absolute Gasteiger partial charge is 0.238 e. The molecule has 3 rings (SSSR count). The third kappa shape index (κ3) is 5.58. The van der Waals surface area contributed by atoms with Gasteiger partial charge in [0, 0.05) is 24.5 Å². The van der Waals surface area contributed by atoms with E-state index in [0.29, 0.717) is 32.4 Å². The van der Waals surface area contributed by atoms with Gasteiger partial charge in [0.05, 0.1) is 11.8 Å². The minimum Gasteiger partial charge on any atom is -0.489 e. The molecule has 30 heavy (non-hydrogen) atoms. The quantitative estimate of drug-likeness (QED) is 0.659. The molecule has 162 valence electrons. The van der Waals surface area contributed by atoms with Crippen LogP contribution in [0.2, 0.25) is 0 Å². The van der Waals surface area contributed by atoms with Gasteiger partial charge in [0.1, 0.15) is 18.4 Å². The molecule has 2 aromatic rings. The first-order valence-corrected chi connectivity index (χ1v) is 11.9. The zero-order valence-electron chi connectivity index (χ0n) is 17.5. The molecule has 1 aromatic heterocycles. The monoisotopic (exact) mass is 431 g/mol. The molecule has 8 heteroatoms. The number of aromatic nitrogens is 1. The number of rotatable bonds is 9. The van der Waals surface area contributed by atoms with E-state index in [-0.39, 0.29) is 17.7 Å². The molecular weight excluding hydrogens is 402 g/mol. The normalized spacial score (nSPS) is 18.1. The Morgan fingerprint density at radius 1 is 1.30 bits per heavy atom. The Labute approximate surface area is 178 Å². The van der Waals surface area contributed by atoms with Gasteiger partial charge in [-0.05, 0) is 49.9 Å². The average Bonchev–Trinajstić information content (AvgIpc) is 3.24. The molecule has 1 aromatic carbocycles. The van der Waals surface area contributed by atoms with Gasteiger partial charge in [0.2, 0.25) is 15.9 Å². The molecule has 0 spiro atoms. The Hall–Kier alpha value is -2.45. The summed E-state index contributed by atoms with van der Waals surface area (Å²) in [7, 11) is -3.39. The lowest BCUT2D eigenvalue weighted by Gasteiger charge is -2.25. The summed E-state index contributed by atoms with van der Waals surface area (Å²) in [5.41, 5.74) is 1.92. The highest BCUT2D eigenvalue weighted by atomic mass is 32.2. The largest absolute Gasteiger partial charge is 0.489 e. The van der Waals surface area contributed by atoms with Crippen LogP contribution in [0.25, 0.3) is 0 Å². The van der Waals surface area contributed by atoms with E-state index in [1.54, 1.807) is 12.4 Å². The molecule has 7 nitrogen and oxygen atoms in total. The van der Waals surface area contributed by atoms with Crippen molar-refractivity contribution in [2.24, 2.45) is 0 Å². The summed E-state index contributed by atoms with van der Waals surface area (Å²) in [6.45, 7) is 4.57. The highest BCUT2D eigenvalue weighted by Gasteiger charge is 2.38. The fourth-order valence-electron chi connectivity index (χ4n) is 3.61. The molecule has 0 bridgehead atoms. The Morgan fingerprint density at radius 2 is 2.07 bits per heavy atom. The maximum absolute atomic E-state index is 12.8. The summed E-state index contributed by atoms with van der Waals surface area (Å²) in [5.74, 6) is 0.567. The van der Waals surface area contributed by atoms with Crippen LogP contribution in [-0.4, -0.2) is 42.0 Å². The zero-order chi connectivity index (χ0) is 21.6. The van der Waals surface area contributed by atoms with Crippen LogP contribution in [0.5, 0.6) is 5.75 Å². The standard InChI is InChI=1S/C22H29N3O4S/c1-3-14-30(27,28)25-13-5-7-21(25)22(26)24-17(2)19-8-10-20(11-9-19)29-16-18-6-4-12-23-15-18/h4,6,8-12,15,17,21H,3,5,7,13-14,16H2,1-2H3,(H,24,26). The van der Waals surface area contributed by atoms with E-state index >= 15 is 0 Å². The maximum atomic E-state index is 12.8. The minimum atomic E-state index is -3.39. The highest BCUT2D eigenvalue weighted by molar-refractivity contribution is 7.89. The third-order valence-electron chi connectivity index (χ3n) is 5.19. The summed E-state index contributed by atoms with van der Waals surface area (Å²) in [4.78, 5) is 16.8. The van der Waals surface area contributed by atoms with Crippen molar-refractivity contribution in [3.8, 4) is 5.75 Å². The molecule has 1 N–H and O–H groups in total. The second kappa shape index (κ2) is 10.0. The predicted octanol–water partition coefficient (Wildman–Crippen LogP) is 3.04. The number of hydrogen-bond donors (Lipinski definition) is 1. The van der Waals surface area contributed by atoms with E-state index in [1.807, 2.05) is 50.2 Å². The van der Waals surface area contributed by atoms with Crippen molar-refractivity contribution >= 4 is 15.9 Å². The first kappa shape index (κ1) is 22.2. The minimum absolute atomic E-state index is 0.0762. The summed E-state index contributed by atoms with van der Waals surface area (Å²) < 4.78 is 32.0. The third-order valence-corrected chi connectivity index (χ3v) is 7.27. The molecular formula is C22H29N3O4S. The number of benzene rings is 1. The van der Waals surface area contributed by atoms with E-state index in [4.69, 9.17) is 4.74 Å². The number of carbonyl (C=O) groups excluding carboxylic acids is 1. The molecule has 1 aliphatic heterocycles. The second-order valence-corrected chi connectivity index (χ2v) is 9.58. The molecule has 1 saturated heterocycles. The fraction of sp³-hybridized carbons (Fsp3) is 0.455. The zero-order valence-corrected chi connectivity index (χ0v) is 18.3. The highest BCUT2D eigenvalue weighted by Crippen LogP contribution is 2.24. The summed E-state index contributed by atoms with van der Waals surface area (Å²) in [6.07, 6.45) is 5.29. The van der Waals surface area contributed by atoms with Crippen LogP contribution >= 0.6 is 0 Å². The number of ether oxygens (including phenoxy) is 1. The lowest BCUT2D eigenvalue weighted by Crippen LogP contribution is -2.47. The summed E-state index contributed by atoms with van der Waals surface area (Å²) in [6, 6.07) is 10.5. The van der Waals surface area contributed by atoms with Crippen molar-refractivity contribution in [1.29, 1.82) is 0 Å². The molecule has 1 aliphatic rings. The lowest BCUT2D eigenvalue weighted by molar-refractivity contribution is -0.124. The number of nitrogens with one attached hydrogen (secondary N) is 1. The van der Waals surface area contributed by atoms with Gasteiger partial charge in [-0.2, -0.15) is 4.31 Å². The number of sulfonamides is 1. The van der Waals surface area contributed by atoms with Gasteiger partial charge in [-0.15, -0.1) is 0 Å². The van der Waals surface area contributed by atoms with E-state index in [0.717, 1.165) is 16.9 Å². The van der Waals surface area contributed by atoms with Gasteiger partial charge < -0.3 is 10.1 Å². The first-order valence-electron chi connectivity index (χ1n) is 10.3. The molecule has 1 amide bonds. The predicted molar refractivity (Wildman–Crippen MR) is 115 cm³/mol. The van der Waals surface area contributed by atoms with Crippen molar-refractivity contribution in [2.75, 3.05) is 12.3 Å². The van der Waals surface area contributed by atoms with Crippen molar-refractivity contribution < 1.29 is 17.9 Å². The summed E-state index contributed by atoms with van der Waals surface area (Å²) >= 11 is 0. The number of pyridine rings is 1. The van der Waals surface area contributed by atoms with Gasteiger partial charge >= 0.3 is 0 Å². The van der Waals surface area contributed by atoms with Crippen LogP contribution in [0.4, 0.5) is 0 Å². The SMILES string of the molecule is CCCS(=O)(=O)N1CCCC1C(=O)NC(C)c1ccc(OCc2cccnc2)cc1. The van der Waals surface area contributed by atoms with E-state index in [2.05, 4.69) is 10.3 Å². The van der Waals surface area contributed by atoms with Gasteiger partial charge in [-0.3, -0.25) is 9.78 Å². The Balaban J connectivity index is 1.57. The van der Waals surface area contributed by atoms with Crippen LogP contribution in [0.1, 0.15) is 50.3 Å². The molecule has 2 atom stereocenters. The molecule has 2 unspecified atom stereocenters. The molecule has 2 heterocycles. The van der Waals surface area contributed by atoms with Gasteiger partial charge in [0.15, 0.2) is 0 Å². The molecule has 0 aliphatic carbocycles. The Kier molecular flexibility index (Phi) is 7.44. The van der Waals surface area contributed by atoms with E-state index in [1.165, 1.54) is 4.31 Å². The van der Waals surface area contributed by atoms with Gasteiger partial charge in [-0.25, -0.2) is 8.42 Å². The van der Waals surface area contributed by atoms with Crippen LogP contribution in [0.3, 0.4) is 0 Å². The van der Waals surface area contributed by atoms with Crippen molar-refractivity contribution in [3.63, 3.8) is 0 Å². The van der Waals surface area contributed by atoms with E-state index < -0.39 is 16.1 Å². The Bertz CT molecular complexity index is 933. The van der Waals surface area contributed by atoms with Crippen LogP contribution in [0.15, 0.2) is 48.8 Å². The van der Waals surface area contributed by atoms with Crippen LogP contribution in [-0.2, 0) is 21.4 Å². The molecule has 0 saturated carbocycles. The second-order valence-electron chi connectivity index (χ2n) is 7.53. The number of carbonyl (C=O) groups is 1. The van der Waals surface area contributed by atoms with Crippen LogP contribution in [0, 0.1) is 0 Å². The first-order chi connectivity index (χ1) is 14.4. The molecule has 1 fully saturated rings. The van der Waals surface area contributed by atoms with Crippen LogP contribution < -0.4 is 10.1 Å². The number of hydrogen-bond acceptors (Lipinski definition) is 5. The number of amides is 1.